The fourth-order valence-electron chi connectivity index (χ4n) is 1.57. The summed E-state index contributed by atoms with van der Waals surface area (Å²) in [5.74, 6) is 0.00134. The summed E-state index contributed by atoms with van der Waals surface area (Å²) in [6.07, 6.45) is 1.40. The van der Waals surface area contributed by atoms with Crippen LogP contribution in [-0.4, -0.2) is 46.0 Å². The average Bonchev–Trinajstić information content (AvgIpc) is 3.02. The van der Waals surface area contributed by atoms with E-state index in [0.29, 0.717) is 29.5 Å². The maximum atomic E-state index is 11.9. The molecule has 0 aliphatic heterocycles. The molecule has 0 fully saturated rings. The SMILES string of the molecule is CCOC(=O)c1sc(Cl)nc1-c1ncnn1CCOC. The average molecular weight is 317 g/mol. The molecule has 9 heteroatoms. The molecule has 2 heterocycles. The highest BCUT2D eigenvalue weighted by molar-refractivity contribution is 7.17. The Morgan fingerprint density at radius 3 is 3.05 bits per heavy atom. The van der Waals surface area contributed by atoms with E-state index in [9.17, 15) is 4.79 Å². The third-order valence-electron chi connectivity index (χ3n) is 2.40. The highest BCUT2D eigenvalue weighted by Gasteiger charge is 2.23. The number of halogens is 1. The zero-order valence-electron chi connectivity index (χ0n) is 11.0. The number of hydrogen-bond donors (Lipinski definition) is 0. The van der Waals surface area contributed by atoms with Gasteiger partial charge in [-0.15, -0.1) is 0 Å². The number of thiazole rings is 1. The topological polar surface area (TPSA) is 79.1 Å². The van der Waals surface area contributed by atoms with Crippen molar-refractivity contribution in [3.63, 3.8) is 0 Å². The number of methoxy groups -OCH3 is 1. The van der Waals surface area contributed by atoms with E-state index >= 15 is 0 Å². The predicted octanol–water partition coefficient (Wildman–Crippen LogP) is 1.88. The van der Waals surface area contributed by atoms with Crippen LogP contribution in [0, 0.1) is 0 Å². The lowest BCUT2D eigenvalue weighted by molar-refractivity contribution is 0.0532. The number of carbonyl (C=O) groups excluding carboxylic acids is 1. The molecule has 0 unspecified atom stereocenters. The molecular weight excluding hydrogens is 304 g/mol. The van der Waals surface area contributed by atoms with Gasteiger partial charge in [0.1, 0.15) is 16.9 Å². The van der Waals surface area contributed by atoms with Crippen LogP contribution in [0.5, 0.6) is 0 Å². The van der Waals surface area contributed by atoms with Crippen LogP contribution >= 0.6 is 22.9 Å². The first-order valence-electron chi connectivity index (χ1n) is 5.88. The Morgan fingerprint density at radius 2 is 2.35 bits per heavy atom. The molecule has 0 aromatic carbocycles. The van der Waals surface area contributed by atoms with Crippen molar-refractivity contribution in [2.24, 2.45) is 0 Å². The van der Waals surface area contributed by atoms with Crippen LogP contribution in [0.4, 0.5) is 0 Å². The fraction of sp³-hybridized carbons (Fsp3) is 0.455. The van der Waals surface area contributed by atoms with Crippen LogP contribution in [0.1, 0.15) is 16.6 Å². The van der Waals surface area contributed by atoms with E-state index in [4.69, 9.17) is 21.1 Å². The van der Waals surface area contributed by atoms with E-state index in [1.807, 2.05) is 0 Å². The molecule has 0 aliphatic carbocycles. The molecule has 0 atom stereocenters. The van der Waals surface area contributed by atoms with Gasteiger partial charge < -0.3 is 9.47 Å². The van der Waals surface area contributed by atoms with E-state index in [-0.39, 0.29) is 11.1 Å². The summed E-state index contributed by atoms with van der Waals surface area (Å²) in [6, 6.07) is 0. The summed E-state index contributed by atoms with van der Waals surface area (Å²) >= 11 is 6.96. The molecule has 2 aromatic rings. The molecule has 2 rings (SSSR count). The van der Waals surface area contributed by atoms with Crippen LogP contribution in [0.15, 0.2) is 6.33 Å². The summed E-state index contributed by atoms with van der Waals surface area (Å²) < 4.78 is 11.9. The summed E-state index contributed by atoms with van der Waals surface area (Å²) in [7, 11) is 1.60. The van der Waals surface area contributed by atoms with E-state index < -0.39 is 5.97 Å². The van der Waals surface area contributed by atoms with Gasteiger partial charge in [0.2, 0.25) is 0 Å². The van der Waals surface area contributed by atoms with Gasteiger partial charge in [-0.05, 0) is 6.92 Å². The Morgan fingerprint density at radius 1 is 1.55 bits per heavy atom. The number of carbonyl (C=O) groups is 1. The van der Waals surface area contributed by atoms with E-state index in [1.165, 1.54) is 6.33 Å². The molecule has 7 nitrogen and oxygen atoms in total. The number of rotatable bonds is 6. The molecular formula is C11H13ClN4O3S. The normalized spacial score (nSPS) is 10.8. The first-order chi connectivity index (χ1) is 9.67. The molecule has 108 valence electrons. The van der Waals surface area contributed by atoms with E-state index in [1.54, 1.807) is 18.7 Å². The summed E-state index contributed by atoms with van der Waals surface area (Å²) in [4.78, 5) is 20.5. The van der Waals surface area contributed by atoms with Gasteiger partial charge in [-0.1, -0.05) is 22.9 Å². The number of nitrogens with zero attached hydrogens (tertiary/aromatic N) is 4. The van der Waals surface area contributed by atoms with Gasteiger partial charge in [0.15, 0.2) is 10.3 Å². The standard InChI is InChI=1S/C11H13ClN4O3S/c1-3-19-10(17)8-7(15-11(12)20-8)9-13-6-14-16(9)4-5-18-2/h6H,3-5H2,1-2H3. The van der Waals surface area contributed by atoms with Crippen molar-refractivity contribution in [1.82, 2.24) is 19.7 Å². The molecule has 0 saturated carbocycles. The Balaban J connectivity index is 2.37. The Hall–Kier alpha value is -1.51. The fourth-order valence-corrected chi connectivity index (χ4v) is 2.57. The quantitative estimate of drug-likeness (QED) is 0.757. The lowest BCUT2D eigenvalue weighted by Crippen LogP contribution is -2.10. The number of aromatic nitrogens is 4. The van der Waals surface area contributed by atoms with Crippen LogP contribution in [0.25, 0.3) is 11.5 Å². The third kappa shape index (κ3) is 3.14. The largest absolute Gasteiger partial charge is 0.462 e. The van der Waals surface area contributed by atoms with Crippen molar-refractivity contribution < 1.29 is 14.3 Å². The Kier molecular flexibility index (Phi) is 5.05. The van der Waals surface area contributed by atoms with Gasteiger partial charge in [0, 0.05) is 7.11 Å². The van der Waals surface area contributed by atoms with Crippen molar-refractivity contribution >= 4 is 28.9 Å². The van der Waals surface area contributed by atoms with Gasteiger partial charge >= 0.3 is 5.97 Å². The minimum atomic E-state index is -0.465. The van der Waals surface area contributed by atoms with E-state index in [0.717, 1.165) is 11.3 Å². The first kappa shape index (κ1) is 14.9. The molecule has 2 aromatic heterocycles. The second-order valence-corrected chi connectivity index (χ2v) is 5.25. The number of hydrogen-bond acceptors (Lipinski definition) is 7. The van der Waals surface area contributed by atoms with Gasteiger partial charge in [-0.2, -0.15) is 5.10 Å². The lowest BCUT2D eigenvalue weighted by atomic mass is 10.3. The van der Waals surface area contributed by atoms with Crippen LogP contribution in [-0.2, 0) is 16.0 Å². The highest BCUT2D eigenvalue weighted by Crippen LogP contribution is 2.30. The summed E-state index contributed by atoms with van der Waals surface area (Å²) in [5.41, 5.74) is 0.382. The van der Waals surface area contributed by atoms with Gasteiger partial charge in [-0.25, -0.2) is 19.4 Å². The second kappa shape index (κ2) is 6.78. The van der Waals surface area contributed by atoms with Crippen molar-refractivity contribution in [3.8, 4) is 11.5 Å². The monoisotopic (exact) mass is 316 g/mol. The lowest BCUT2D eigenvalue weighted by Gasteiger charge is -2.05. The Labute approximate surface area is 124 Å². The van der Waals surface area contributed by atoms with Crippen molar-refractivity contribution in [1.29, 1.82) is 0 Å². The van der Waals surface area contributed by atoms with Gasteiger partial charge in [0.05, 0.1) is 19.8 Å². The molecule has 0 radical (unpaired) electrons. The maximum Gasteiger partial charge on any atom is 0.350 e. The zero-order valence-corrected chi connectivity index (χ0v) is 12.6. The smallest absolute Gasteiger partial charge is 0.350 e. The highest BCUT2D eigenvalue weighted by atomic mass is 35.5. The molecule has 0 bridgehead atoms. The minimum absolute atomic E-state index is 0.254. The molecule has 20 heavy (non-hydrogen) atoms. The molecule has 0 saturated heterocycles. The maximum absolute atomic E-state index is 11.9. The Bertz CT molecular complexity index is 598. The number of ether oxygens (including phenoxy) is 2. The first-order valence-corrected chi connectivity index (χ1v) is 7.07. The van der Waals surface area contributed by atoms with Crippen molar-refractivity contribution in [2.45, 2.75) is 13.5 Å². The summed E-state index contributed by atoms with van der Waals surface area (Å²) in [5, 5.41) is 4.08. The predicted molar refractivity (Wildman–Crippen MR) is 74.0 cm³/mol. The molecule has 0 spiro atoms. The van der Waals surface area contributed by atoms with Gasteiger partial charge in [-0.3, -0.25) is 0 Å². The van der Waals surface area contributed by atoms with Crippen LogP contribution in [0.3, 0.4) is 0 Å². The summed E-state index contributed by atoms with van der Waals surface area (Å²) in [6.45, 7) is 3.00. The van der Waals surface area contributed by atoms with Gasteiger partial charge in [0.25, 0.3) is 0 Å². The van der Waals surface area contributed by atoms with Crippen molar-refractivity contribution in [2.75, 3.05) is 20.3 Å². The second-order valence-electron chi connectivity index (χ2n) is 3.66. The molecule has 0 N–H and O–H groups in total. The van der Waals surface area contributed by atoms with Crippen LogP contribution in [0.2, 0.25) is 4.47 Å². The molecule has 0 aliphatic rings. The molecule has 0 amide bonds. The number of esters is 1. The minimum Gasteiger partial charge on any atom is -0.462 e. The third-order valence-corrected chi connectivity index (χ3v) is 3.54. The zero-order chi connectivity index (χ0) is 14.5. The van der Waals surface area contributed by atoms with E-state index in [2.05, 4.69) is 15.1 Å². The van der Waals surface area contributed by atoms with Crippen molar-refractivity contribution in [3.05, 3.63) is 15.7 Å². The van der Waals surface area contributed by atoms with Crippen LogP contribution < -0.4 is 0 Å².